The maximum atomic E-state index is 10.6. The standard InChI is InChI=1S/C19H30O/c1-5-14-6-8-15(9-7-14)18(20)16-10-12-17(13-11-16)19(2,3)4/h10-15,18,20H,5-9H2,1-4H3. The Bertz CT molecular complexity index is 404. The fraction of sp³-hybridized carbons (Fsp3) is 0.684. The van der Waals surface area contributed by atoms with Crippen molar-refractivity contribution in [3.63, 3.8) is 0 Å². The van der Waals surface area contributed by atoms with Gasteiger partial charge in [-0.05, 0) is 41.2 Å². The van der Waals surface area contributed by atoms with E-state index in [-0.39, 0.29) is 11.5 Å². The van der Waals surface area contributed by atoms with E-state index < -0.39 is 0 Å². The minimum Gasteiger partial charge on any atom is -0.388 e. The number of rotatable bonds is 3. The van der Waals surface area contributed by atoms with Crippen LogP contribution in [0.4, 0.5) is 0 Å². The predicted molar refractivity (Wildman–Crippen MR) is 85.8 cm³/mol. The molecule has 1 aliphatic rings. The minimum atomic E-state index is -0.276. The summed E-state index contributed by atoms with van der Waals surface area (Å²) in [5.74, 6) is 1.35. The second-order valence-corrected chi connectivity index (χ2v) is 7.51. The largest absolute Gasteiger partial charge is 0.388 e. The zero-order chi connectivity index (χ0) is 14.8. The van der Waals surface area contributed by atoms with Crippen LogP contribution in [-0.4, -0.2) is 5.11 Å². The first-order chi connectivity index (χ1) is 9.41. The Hall–Kier alpha value is -0.820. The van der Waals surface area contributed by atoms with Gasteiger partial charge < -0.3 is 5.11 Å². The summed E-state index contributed by atoms with van der Waals surface area (Å²) in [6.07, 6.45) is 5.96. The summed E-state index contributed by atoms with van der Waals surface area (Å²) in [7, 11) is 0. The third kappa shape index (κ3) is 3.63. The highest BCUT2D eigenvalue weighted by Gasteiger charge is 2.26. The molecule has 0 aromatic heterocycles. The van der Waals surface area contributed by atoms with Crippen LogP contribution in [0.3, 0.4) is 0 Å². The lowest BCUT2D eigenvalue weighted by atomic mass is 9.76. The van der Waals surface area contributed by atoms with Gasteiger partial charge in [-0.3, -0.25) is 0 Å². The lowest BCUT2D eigenvalue weighted by Gasteiger charge is -2.31. The molecule has 1 aromatic rings. The average Bonchev–Trinajstić information content (AvgIpc) is 2.46. The molecule has 0 aliphatic heterocycles. The van der Waals surface area contributed by atoms with Crippen LogP contribution in [0.25, 0.3) is 0 Å². The number of hydrogen-bond donors (Lipinski definition) is 1. The molecular formula is C19H30O. The third-order valence-corrected chi connectivity index (χ3v) is 5.03. The van der Waals surface area contributed by atoms with Gasteiger partial charge in [0.1, 0.15) is 0 Å². The molecule has 0 spiro atoms. The first-order valence-electron chi connectivity index (χ1n) is 8.20. The van der Waals surface area contributed by atoms with Crippen molar-refractivity contribution in [2.24, 2.45) is 11.8 Å². The van der Waals surface area contributed by atoms with Crippen LogP contribution >= 0.6 is 0 Å². The van der Waals surface area contributed by atoms with Gasteiger partial charge in [0.15, 0.2) is 0 Å². The Labute approximate surface area is 124 Å². The van der Waals surface area contributed by atoms with Gasteiger partial charge in [0.05, 0.1) is 6.10 Å². The number of benzene rings is 1. The summed E-state index contributed by atoms with van der Waals surface area (Å²) in [6.45, 7) is 8.96. The number of aliphatic hydroxyl groups excluding tert-OH is 1. The van der Waals surface area contributed by atoms with Crippen molar-refractivity contribution < 1.29 is 5.11 Å². The van der Waals surface area contributed by atoms with E-state index in [4.69, 9.17) is 0 Å². The summed E-state index contributed by atoms with van der Waals surface area (Å²) in [5.41, 5.74) is 2.61. The lowest BCUT2D eigenvalue weighted by molar-refractivity contribution is 0.0729. The zero-order valence-electron chi connectivity index (χ0n) is 13.5. The summed E-state index contributed by atoms with van der Waals surface area (Å²) < 4.78 is 0. The number of aliphatic hydroxyl groups is 1. The van der Waals surface area contributed by atoms with Crippen LogP contribution in [0.5, 0.6) is 0 Å². The normalized spacial score (nSPS) is 25.4. The Morgan fingerprint density at radius 2 is 1.60 bits per heavy atom. The van der Waals surface area contributed by atoms with Crippen molar-refractivity contribution in [1.82, 2.24) is 0 Å². The van der Waals surface area contributed by atoms with E-state index in [9.17, 15) is 5.11 Å². The quantitative estimate of drug-likeness (QED) is 0.799. The summed E-state index contributed by atoms with van der Waals surface area (Å²) >= 11 is 0. The highest BCUT2D eigenvalue weighted by Crippen LogP contribution is 2.38. The SMILES string of the molecule is CCC1CCC(C(O)c2ccc(C(C)(C)C)cc2)CC1. The van der Waals surface area contributed by atoms with E-state index in [0.717, 1.165) is 11.5 Å². The first-order valence-corrected chi connectivity index (χ1v) is 8.20. The van der Waals surface area contributed by atoms with Crippen LogP contribution in [0, 0.1) is 11.8 Å². The van der Waals surface area contributed by atoms with E-state index in [2.05, 4.69) is 52.0 Å². The van der Waals surface area contributed by atoms with Gasteiger partial charge in [-0.15, -0.1) is 0 Å². The van der Waals surface area contributed by atoms with Gasteiger partial charge in [0, 0.05) is 0 Å². The minimum absolute atomic E-state index is 0.183. The molecule has 1 aliphatic carbocycles. The van der Waals surface area contributed by atoms with Crippen molar-refractivity contribution in [2.75, 3.05) is 0 Å². The molecule has 2 rings (SSSR count). The van der Waals surface area contributed by atoms with Crippen molar-refractivity contribution in [1.29, 1.82) is 0 Å². The van der Waals surface area contributed by atoms with Crippen LogP contribution in [0.15, 0.2) is 24.3 Å². The number of hydrogen-bond acceptors (Lipinski definition) is 1. The Morgan fingerprint density at radius 3 is 2.05 bits per heavy atom. The molecule has 0 bridgehead atoms. The maximum Gasteiger partial charge on any atom is 0.0818 e. The molecular weight excluding hydrogens is 244 g/mol. The van der Waals surface area contributed by atoms with E-state index in [1.165, 1.54) is 37.7 Å². The van der Waals surface area contributed by atoms with Gasteiger partial charge in [-0.2, -0.15) is 0 Å². The van der Waals surface area contributed by atoms with Crippen LogP contribution < -0.4 is 0 Å². The Kier molecular flexibility index (Phi) is 4.90. The highest BCUT2D eigenvalue weighted by atomic mass is 16.3. The van der Waals surface area contributed by atoms with Crippen molar-refractivity contribution >= 4 is 0 Å². The second kappa shape index (κ2) is 6.30. The monoisotopic (exact) mass is 274 g/mol. The maximum absolute atomic E-state index is 10.6. The smallest absolute Gasteiger partial charge is 0.0818 e. The van der Waals surface area contributed by atoms with Crippen LogP contribution in [-0.2, 0) is 5.41 Å². The van der Waals surface area contributed by atoms with Crippen molar-refractivity contribution in [3.8, 4) is 0 Å². The Balaban J connectivity index is 2.01. The van der Waals surface area contributed by atoms with E-state index >= 15 is 0 Å². The summed E-state index contributed by atoms with van der Waals surface area (Å²) in [5, 5.41) is 10.6. The summed E-state index contributed by atoms with van der Waals surface area (Å²) in [4.78, 5) is 0. The van der Waals surface area contributed by atoms with Crippen molar-refractivity contribution in [3.05, 3.63) is 35.4 Å². The van der Waals surface area contributed by atoms with Gasteiger partial charge in [-0.1, -0.05) is 71.2 Å². The van der Waals surface area contributed by atoms with Gasteiger partial charge in [0.25, 0.3) is 0 Å². The van der Waals surface area contributed by atoms with Crippen molar-refractivity contribution in [2.45, 2.75) is 71.3 Å². The molecule has 20 heavy (non-hydrogen) atoms. The second-order valence-electron chi connectivity index (χ2n) is 7.51. The van der Waals surface area contributed by atoms with Gasteiger partial charge >= 0.3 is 0 Å². The fourth-order valence-corrected chi connectivity index (χ4v) is 3.36. The molecule has 1 heteroatoms. The van der Waals surface area contributed by atoms with Gasteiger partial charge in [0.2, 0.25) is 0 Å². The fourth-order valence-electron chi connectivity index (χ4n) is 3.36. The third-order valence-electron chi connectivity index (χ3n) is 5.03. The molecule has 0 amide bonds. The average molecular weight is 274 g/mol. The molecule has 0 saturated heterocycles. The van der Waals surface area contributed by atoms with Gasteiger partial charge in [-0.25, -0.2) is 0 Å². The van der Waals surface area contributed by atoms with Crippen LogP contribution in [0.2, 0.25) is 0 Å². The highest BCUT2D eigenvalue weighted by molar-refractivity contribution is 5.29. The van der Waals surface area contributed by atoms with E-state index in [1.54, 1.807) is 0 Å². The molecule has 112 valence electrons. The van der Waals surface area contributed by atoms with Crippen LogP contribution in [0.1, 0.15) is 77.0 Å². The lowest BCUT2D eigenvalue weighted by Crippen LogP contribution is -2.20. The molecule has 1 nitrogen and oxygen atoms in total. The first kappa shape index (κ1) is 15.6. The molecule has 0 radical (unpaired) electrons. The zero-order valence-corrected chi connectivity index (χ0v) is 13.5. The Morgan fingerprint density at radius 1 is 1.05 bits per heavy atom. The molecule has 1 aromatic carbocycles. The topological polar surface area (TPSA) is 20.2 Å². The molecule has 1 unspecified atom stereocenters. The van der Waals surface area contributed by atoms with E-state index in [1.807, 2.05) is 0 Å². The predicted octanol–water partition coefficient (Wildman–Crippen LogP) is 5.23. The molecule has 1 atom stereocenters. The molecule has 1 fully saturated rings. The van der Waals surface area contributed by atoms with E-state index in [0.29, 0.717) is 5.92 Å². The summed E-state index contributed by atoms with van der Waals surface area (Å²) in [6, 6.07) is 8.60. The molecule has 0 heterocycles. The molecule has 1 N–H and O–H groups in total. The molecule has 1 saturated carbocycles.